The lowest BCUT2D eigenvalue weighted by molar-refractivity contribution is -0.123. The summed E-state index contributed by atoms with van der Waals surface area (Å²) in [6, 6.07) is 13.0. The molecule has 2 N–H and O–H groups in total. The Kier molecular flexibility index (Phi) is 2.85. The van der Waals surface area contributed by atoms with E-state index in [9.17, 15) is 4.79 Å². The molecule has 3 atom stereocenters. The van der Waals surface area contributed by atoms with Crippen molar-refractivity contribution in [2.45, 2.75) is 19.3 Å². The maximum atomic E-state index is 11.4. The van der Waals surface area contributed by atoms with E-state index >= 15 is 0 Å². The third kappa shape index (κ3) is 2.15. The van der Waals surface area contributed by atoms with Gasteiger partial charge in [0.1, 0.15) is 0 Å². The van der Waals surface area contributed by atoms with Crippen LogP contribution in [0.15, 0.2) is 36.4 Å². The predicted molar refractivity (Wildman–Crippen MR) is 85.6 cm³/mol. The second kappa shape index (κ2) is 4.73. The fraction of sp³-hybridized carbons (Fsp3) is 0.316. The van der Waals surface area contributed by atoms with Crippen LogP contribution in [0.4, 0.5) is 0 Å². The standard InChI is InChI=1S/C19H19NO/c20-19(21)15-6-5-14-9-17-7-12-3-1-2-4-13(12)8-18(17)11-16(14)10-15/h1-4,7-9,11,14-16H,5-6,10H2,(H2,20,21). The third-order valence-corrected chi connectivity index (χ3v) is 5.10. The quantitative estimate of drug-likeness (QED) is 0.850. The number of hydrogen-bond donors (Lipinski definition) is 1. The molecule has 0 aliphatic heterocycles. The minimum absolute atomic E-state index is 0.0536. The third-order valence-electron chi connectivity index (χ3n) is 5.10. The Balaban J connectivity index is 1.82. The Morgan fingerprint density at radius 1 is 0.952 bits per heavy atom. The van der Waals surface area contributed by atoms with Gasteiger partial charge in [-0.05, 0) is 64.4 Å². The van der Waals surface area contributed by atoms with Gasteiger partial charge >= 0.3 is 0 Å². The molecule has 0 bridgehead atoms. The molecule has 2 aromatic carbocycles. The van der Waals surface area contributed by atoms with E-state index in [1.165, 1.54) is 21.2 Å². The molecule has 0 aromatic heterocycles. The number of nitrogens with two attached hydrogens (primary N) is 1. The number of hydrogen-bond acceptors (Lipinski definition) is 1. The van der Waals surface area contributed by atoms with Crippen molar-refractivity contribution in [3.05, 3.63) is 46.8 Å². The van der Waals surface area contributed by atoms with Gasteiger partial charge in [-0.1, -0.05) is 36.4 Å². The molecule has 2 nitrogen and oxygen atoms in total. The maximum absolute atomic E-state index is 11.4. The number of rotatable bonds is 1. The molecule has 4 rings (SSSR count). The molecule has 0 saturated heterocycles. The summed E-state index contributed by atoms with van der Waals surface area (Å²) in [5, 5.41) is 5.22. The fourth-order valence-electron chi connectivity index (χ4n) is 3.91. The number of fused-ring (bicyclic) bond motifs is 3. The molecule has 2 aliphatic rings. The molecule has 2 aliphatic carbocycles. The number of primary amides is 1. The first-order valence-electron chi connectivity index (χ1n) is 7.72. The van der Waals surface area contributed by atoms with E-state index in [-0.39, 0.29) is 11.8 Å². The van der Waals surface area contributed by atoms with Crippen LogP contribution in [0.2, 0.25) is 0 Å². The first-order chi connectivity index (χ1) is 10.2. The first-order valence-corrected chi connectivity index (χ1v) is 7.72. The summed E-state index contributed by atoms with van der Waals surface area (Å²) in [4.78, 5) is 11.4. The molecule has 0 heterocycles. The molecule has 2 aromatic rings. The summed E-state index contributed by atoms with van der Waals surface area (Å²) in [5.41, 5.74) is 5.50. The normalized spacial score (nSPS) is 27.1. The van der Waals surface area contributed by atoms with E-state index in [1.807, 2.05) is 0 Å². The lowest BCUT2D eigenvalue weighted by atomic mass is 9.71. The molecular weight excluding hydrogens is 258 g/mol. The summed E-state index contributed by atoms with van der Waals surface area (Å²) < 4.78 is 0. The van der Waals surface area contributed by atoms with Gasteiger partial charge in [0.15, 0.2) is 0 Å². The molecule has 1 saturated carbocycles. The molecule has 21 heavy (non-hydrogen) atoms. The first kappa shape index (κ1) is 12.6. The summed E-state index contributed by atoms with van der Waals surface area (Å²) >= 11 is 0. The van der Waals surface area contributed by atoms with Gasteiger partial charge in [-0.15, -0.1) is 0 Å². The Hall–Kier alpha value is -2.09. The molecular formula is C19H19NO. The molecule has 1 amide bonds. The van der Waals surface area contributed by atoms with Crippen molar-refractivity contribution in [2.75, 3.05) is 0 Å². The highest BCUT2D eigenvalue weighted by Crippen LogP contribution is 2.36. The van der Waals surface area contributed by atoms with Crippen LogP contribution >= 0.6 is 0 Å². The topological polar surface area (TPSA) is 43.1 Å². The second-order valence-corrected chi connectivity index (χ2v) is 6.40. The number of carbonyl (C=O) groups is 1. The van der Waals surface area contributed by atoms with Gasteiger partial charge in [-0.25, -0.2) is 0 Å². The highest BCUT2D eigenvalue weighted by atomic mass is 16.1. The van der Waals surface area contributed by atoms with Crippen LogP contribution in [-0.4, -0.2) is 5.91 Å². The van der Waals surface area contributed by atoms with E-state index < -0.39 is 0 Å². The van der Waals surface area contributed by atoms with Crippen LogP contribution in [0, 0.1) is 17.8 Å². The lowest BCUT2D eigenvalue weighted by Gasteiger charge is -2.33. The van der Waals surface area contributed by atoms with Crippen molar-refractivity contribution in [1.82, 2.24) is 0 Å². The summed E-state index contributed by atoms with van der Waals surface area (Å²) in [6.45, 7) is 0. The summed E-state index contributed by atoms with van der Waals surface area (Å²) in [6.07, 6.45) is 7.68. The van der Waals surface area contributed by atoms with Gasteiger partial charge in [-0.2, -0.15) is 0 Å². The minimum Gasteiger partial charge on any atom is -0.369 e. The van der Waals surface area contributed by atoms with Gasteiger partial charge in [0.25, 0.3) is 0 Å². The van der Waals surface area contributed by atoms with E-state index in [0.29, 0.717) is 11.8 Å². The number of amides is 1. The van der Waals surface area contributed by atoms with E-state index in [2.05, 4.69) is 48.6 Å². The monoisotopic (exact) mass is 277 g/mol. The SMILES string of the molecule is NC(=O)C1CCC2C=c3cc4ccccc4cc3=CC2C1. The van der Waals surface area contributed by atoms with Crippen molar-refractivity contribution in [3.8, 4) is 0 Å². The zero-order chi connectivity index (χ0) is 14.4. The predicted octanol–water partition coefficient (Wildman–Crippen LogP) is 1.93. The van der Waals surface area contributed by atoms with Crippen molar-refractivity contribution < 1.29 is 4.79 Å². The zero-order valence-electron chi connectivity index (χ0n) is 12.0. The highest BCUT2D eigenvalue weighted by Gasteiger charge is 2.31. The molecule has 0 radical (unpaired) electrons. The van der Waals surface area contributed by atoms with Crippen molar-refractivity contribution in [1.29, 1.82) is 0 Å². The van der Waals surface area contributed by atoms with Crippen molar-refractivity contribution >= 4 is 28.8 Å². The smallest absolute Gasteiger partial charge is 0.220 e. The van der Waals surface area contributed by atoms with E-state index in [1.54, 1.807) is 0 Å². The highest BCUT2D eigenvalue weighted by molar-refractivity contribution is 5.83. The number of carbonyl (C=O) groups excluding carboxylic acids is 1. The Bertz CT molecular complexity index is 836. The van der Waals surface area contributed by atoms with Gasteiger partial charge < -0.3 is 5.73 Å². The second-order valence-electron chi connectivity index (χ2n) is 6.40. The lowest BCUT2D eigenvalue weighted by Crippen LogP contribution is -2.38. The largest absolute Gasteiger partial charge is 0.369 e. The van der Waals surface area contributed by atoms with Gasteiger partial charge in [-0.3, -0.25) is 4.79 Å². The van der Waals surface area contributed by atoms with Crippen molar-refractivity contribution in [2.24, 2.45) is 23.5 Å². The molecule has 1 fully saturated rings. The van der Waals surface area contributed by atoms with Crippen molar-refractivity contribution in [3.63, 3.8) is 0 Å². The maximum Gasteiger partial charge on any atom is 0.220 e. The van der Waals surface area contributed by atoms with Crippen LogP contribution in [-0.2, 0) is 4.79 Å². The zero-order valence-corrected chi connectivity index (χ0v) is 12.0. The molecule has 2 heteroatoms. The molecule has 3 unspecified atom stereocenters. The summed E-state index contributed by atoms with van der Waals surface area (Å²) in [7, 11) is 0. The van der Waals surface area contributed by atoms with Crippen LogP contribution in [0.25, 0.3) is 22.9 Å². The number of benzene rings is 2. The Morgan fingerprint density at radius 3 is 2.19 bits per heavy atom. The fourth-order valence-corrected chi connectivity index (χ4v) is 3.91. The van der Waals surface area contributed by atoms with Crippen LogP contribution < -0.4 is 16.2 Å². The minimum atomic E-state index is -0.133. The molecule has 106 valence electrons. The molecule has 0 spiro atoms. The Morgan fingerprint density at radius 2 is 1.57 bits per heavy atom. The van der Waals surface area contributed by atoms with Crippen LogP contribution in [0.5, 0.6) is 0 Å². The van der Waals surface area contributed by atoms with Gasteiger partial charge in [0, 0.05) is 5.92 Å². The average Bonchev–Trinajstić information content (AvgIpc) is 2.50. The summed E-state index contributed by atoms with van der Waals surface area (Å²) in [5.74, 6) is 0.947. The van der Waals surface area contributed by atoms with Gasteiger partial charge in [0.2, 0.25) is 5.91 Å². The Labute approximate surface area is 124 Å². The van der Waals surface area contributed by atoms with Crippen LogP contribution in [0.1, 0.15) is 19.3 Å². The van der Waals surface area contributed by atoms with E-state index in [4.69, 9.17) is 5.73 Å². The average molecular weight is 277 g/mol. The van der Waals surface area contributed by atoms with E-state index in [0.717, 1.165) is 19.3 Å². The van der Waals surface area contributed by atoms with Crippen LogP contribution in [0.3, 0.4) is 0 Å². The van der Waals surface area contributed by atoms with Gasteiger partial charge in [0.05, 0.1) is 0 Å².